The lowest BCUT2D eigenvalue weighted by Crippen LogP contribution is -2.43. The van der Waals surface area contributed by atoms with Crippen LogP contribution in [0.2, 0.25) is 5.02 Å². The molecule has 2 atom stereocenters. The van der Waals surface area contributed by atoms with Crippen molar-refractivity contribution in [2.45, 2.75) is 24.7 Å². The lowest BCUT2D eigenvalue weighted by Gasteiger charge is -2.19. The number of hydrogen-bond donors (Lipinski definition) is 2. The minimum atomic E-state index is -4.96. The van der Waals surface area contributed by atoms with Crippen molar-refractivity contribution >= 4 is 28.4 Å². The van der Waals surface area contributed by atoms with Gasteiger partial charge in [-0.2, -0.15) is 13.2 Å². The lowest BCUT2D eigenvalue weighted by molar-refractivity contribution is -0.174. The summed E-state index contributed by atoms with van der Waals surface area (Å²) in [6.07, 6.45) is -4.81. The van der Waals surface area contributed by atoms with Gasteiger partial charge in [-0.25, -0.2) is 4.98 Å². The number of fused-ring (bicyclic) bond motifs is 1. The Morgan fingerprint density at radius 3 is 2.60 bits per heavy atom. The van der Waals surface area contributed by atoms with Crippen LogP contribution in [0, 0.1) is 0 Å². The Morgan fingerprint density at radius 2 is 1.90 bits per heavy atom. The van der Waals surface area contributed by atoms with E-state index in [0.717, 1.165) is 0 Å². The van der Waals surface area contributed by atoms with Gasteiger partial charge in [0.15, 0.2) is 0 Å². The molecule has 10 heteroatoms. The van der Waals surface area contributed by atoms with Crippen LogP contribution in [0.4, 0.5) is 13.2 Å². The van der Waals surface area contributed by atoms with E-state index in [9.17, 15) is 22.8 Å². The Balaban J connectivity index is 1.78. The van der Waals surface area contributed by atoms with Crippen LogP contribution in [0.15, 0.2) is 53.3 Å². The lowest BCUT2D eigenvalue weighted by atomic mass is 10.1. The molecule has 1 aliphatic rings. The number of alkyl halides is 3. The molecule has 0 spiro atoms. The van der Waals surface area contributed by atoms with Crippen molar-refractivity contribution in [3.05, 3.63) is 69.7 Å². The van der Waals surface area contributed by atoms with Crippen LogP contribution in [-0.4, -0.2) is 34.2 Å². The zero-order valence-electron chi connectivity index (χ0n) is 15.4. The Bertz CT molecular complexity index is 1160. The normalized spacial score (nSPS) is 19.2. The molecule has 1 amide bonds. The second-order valence-corrected chi connectivity index (χ2v) is 7.35. The summed E-state index contributed by atoms with van der Waals surface area (Å²) >= 11 is 6.23. The number of benzene rings is 2. The monoisotopic (exact) mass is 436 g/mol. The first kappa shape index (κ1) is 20.4. The number of rotatable bonds is 3. The quantitative estimate of drug-likeness (QED) is 0.661. The SMILES string of the molecule is O=C(N[C@@H]1CN[C@H](c2nc3cccc(Cl)c3c(=O)n2-c2ccccc2)C1)C(F)(F)F. The fraction of sp³-hybridized carbons (Fsp3) is 0.250. The molecule has 156 valence electrons. The van der Waals surface area contributed by atoms with E-state index in [2.05, 4.69) is 10.3 Å². The van der Waals surface area contributed by atoms with Gasteiger partial charge in [0.2, 0.25) is 0 Å². The van der Waals surface area contributed by atoms with E-state index in [1.54, 1.807) is 48.5 Å². The molecule has 0 saturated carbocycles. The third kappa shape index (κ3) is 3.78. The van der Waals surface area contributed by atoms with E-state index in [1.807, 2.05) is 5.32 Å². The van der Waals surface area contributed by atoms with E-state index in [4.69, 9.17) is 11.6 Å². The number of nitrogens with zero attached hydrogens (tertiary/aromatic N) is 2. The number of aromatic nitrogens is 2. The van der Waals surface area contributed by atoms with Crippen molar-refractivity contribution in [1.82, 2.24) is 20.2 Å². The number of carbonyl (C=O) groups excluding carboxylic acids is 1. The van der Waals surface area contributed by atoms with Crippen LogP contribution >= 0.6 is 11.6 Å². The molecule has 4 rings (SSSR count). The number of nitrogens with one attached hydrogen (secondary N) is 2. The molecule has 0 aliphatic carbocycles. The Labute approximate surface area is 173 Å². The summed E-state index contributed by atoms with van der Waals surface area (Å²) in [5.74, 6) is -1.65. The van der Waals surface area contributed by atoms with Gasteiger partial charge in [0.1, 0.15) is 5.82 Å². The first-order chi connectivity index (χ1) is 14.3. The van der Waals surface area contributed by atoms with Gasteiger partial charge >= 0.3 is 12.1 Å². The molecule has 1 saturated heterocycles. The molecule has 1 fully saturated rings. The highest BCUT2D eigenvalue weighted by atomic mass is 35.5. The smallest absolute Gasteiger partial charge is 0.344 e. The summed E-state index contributed by atoms with van der Waals surface area (Å²) in [6, 6.07) is 12.4. The van der Waals surface area contributed by atoms with Crippen molar-refractivity contribution in [3.63, 3.8) is 0 Å². The average molecular weight is 437 g/mol. The van der Waals surface area contributed by atoms with Gasteiger partial charge in [0.25, 0.3) is 5.56 Å². The van der Waals surface area contributed by atoms with Crippen LogP contribution in [0.25, 0.3) is 16.6 Å². The van der Waals surface area contributed by atoms with Crippen LogP contribution in [0.3, 0.4) is 0 Å². The molecule has 6 nitrogen and oxygen atoms in total. The van der Waals surface area contributed by atoms with Crippen molar-refractivity contribution in [1.29, 1.82) is 0 Å². The number of amides is 1. The Hall–Kier alpha value is -2.91. The molecule has 1 aromatic heterocycles. The highest BCUT2D eigenvalue weighted by Crippen LogP contribution is 2.27. The number of para-hydroxylation sites is 1. The second kappa shape index (κ2) is 7.73. The zero-order chi connectivity index (χ0) is 21.5. The molecule has 1 aliphatic heterocycles. The van der Waals surface area contributed by atoms with Gasteiger partial charge < -0.3 is 10.6 Å². The highest BCUT2D eigenvalue weighted by molar-refractivity contribution is 6.35. The van der Waals surface area contributed by atoms with Crippen LogP contribution in [0.1, 0.15) is 18.3 Å². The van der Waals surface area contributed by atoms with Gasteiger partial charge in [-0.15, -0.1) is 0 Å². The topological polar surface area (TPSA) is 76.0 Å². The summed E-state index contributed by atoms with van der Waals surface area (Å²) in [5, 5.41) is 5.55. The third-order valence-corrected chi connectivity index (χ3v) is 5.24. The Morgan fingerprint density at radius 1 is 1.17 bits per heavy atom. The van der Waals surface area contributed by atoms with Gasteiger partial charge in [0.05, 0.1) is 27.7 Å². The largest absolute Gasteiger partial charge is 0.471 e. The van der Waals surface area contributed by atoms with Gasteiger partial charge in [-0.05, 0) is 30.7 Å². The van der Waals surface area contributed by atoms with E-state index in [0.29, 0.717) is 17.0 Å². The van der Waals surface area contributed by atoms with Crippen molar-refractivity contribution in [2.75, 3.05) is 6.54 Å². The molecule has 3 aromatic rings. The molecule has 2 N–H and O–H groups in total. The molecule has 2 heterocycles. The van der Waals surface area contributed by atoms with Gasteiger partial charge in [-0.1, -0.05) is 35.9 Å². The summed E-state index contributed by atoms with van der Waals surface area (Å²) < 4.78 is 39.1. The highest BCUT2D eigenvalue weighted by Gasteiger charge is 2.41. The summed E-state index contributed by atoms with van der Waals surface area (Å²) in [5.41, 5.74) is 0.562. The molecule has 0 bridgehead atoms. The van der Waals surface area contributed by atoms with E-state index < -0.39 is 24.2 Å². The van der Waals surface area contributed by atoms with Crippen molar-refractivity contribution in [3.8, 4) is 5.69 Å². The average Bonchev–Trinajstić information content (AvgIpc) is 3.16. The molecule has 2 aromatic carbocycles. The fourth-order valence-corrected chi connectivity index (χ4v) is 3.83. The van der Waals surface area contributed by atoms with E-state index in [-0.39, 0.29) is 28.9 Å². The van der Waals surface area contributed by atoms with Crippen LogP contribution in [0.5, 0.6) is 0 Å². The second-order valence-electron chi connectivity index (χ2n) is 6.94. The number of carbonyl (C=O) groups is 1. The molecule has 0 radical (unpaired) electrons. The zero-order valence-corrected chi connectivity index (χ0v) is 16.2. The number of hydrogen-bond acceptors (Lipinski definition) is 4. The fourth-order valence-electron chi connectivity index (χ4n) is 3.58. The minimum absolute atomic E-state index is 0.116. The maximum Gasteiger partial charge on any atom is 0.471 e. The van der Waals surface area contributed by atoms with Crippen LogP contribution < -0.4 is 16.2 Å². The summed E-state index contributed by atoms with van der Waals surface area (Å²) in [7, 11) is 0. The molecule has 0 unspecified atom stereocenters. The van der Waals surface area contributed by atoms with E-state index in [1.165, 1.54) is 4.57 Å². The van der Waals surface area contributed by atoms with Crippen molar-refractivity contribution < 1.29 is 18.0 Å². The van der Waals surface area contributed by atoms with Crippen molar-refractivity contribution in [2.24, 2.45) is 0 Å². The molecule has 30 heavy (non-hydrogen) atoms. The summed E-state index contributed by atoms with van der Waals surface area (Å²) in [4.78, 5) is 29.2. The molecular formula is C20H16ClF3N4O2. The first-order valence-electron chi connectivity index (χ1n) is 9.13. The van der Waals surface area contributed by atoms with Gasteiger partial charge in [0, 0.05) is 12.6 Å². The third-order valence-electron chi connectivity index (χ3n) is 4.92. The van der Waals surface area contributed by atoms with Crippen LogP contribution in [-0.2, 0) is 4.79 Å². The van der Waals surface area contributed by atoms with Gasteiger partial charge in [-0.3, -0.25) is 14.2 Å². The molecular weight excluding hydrogens is 421 g/mol. The standard InChI is InChI=1S/C20H16ClF3N4O2/c21-13-7-4-8-14-16(13)18(29)28(12-5-2-1-3-6-12)17(27-14)15-9-11(10-25-15)26-19(30)20(22,23)24/h1-8,11,15,25H,9-10H2,(H,26,30)/t11-,15-/m0/s1. The predicted octanol–water partition coefficient (Wildman–Crippen LogP) is 3.12. The Kier molecular flexibility index (Phi) is 5.25. The maximum absolute atomic E-state index is 13.3. The maximum atomic E-state index is 13.3. The van der Waals surface area contributed by atoms with E-state index >= 15 is 0 Å². The predicted molar refractivity (Wildman–Crippen MR) is 106 cm³/mol. The first-order valence-corrected chi connectivity index (χ1v) is 9.51. The summed E-state index contributed by atoms with van der Waals surface area (Å²) in [6.45, 7) is 0.116. The minimum Gasteiger partial charge on any atom is -0.344 e. The number of halogens is 4.